The summed E-state index contributed by atoms with van der Waals surface area (Å²) in [4.78, 5) is 0. The summed E-state index contributed by atoms with van der Waals surface area (Å²) < 4.78 is 5.25. The molecule has 2 N–H and O–H groups in total. The van der Waals surface area contributed by atoms with Crippen LogP contribution in [0.1, 0.15) is 36.3 Å². The molecule has 3 heteroatoms. The highest BCUT2D eigenvalue weighted by Gasteiger charge is 2.38. The van der Waals surface area contributed by atoms with Crippen LogP contribution in [-0.4, -0.2) is 5.16 Å². The van der Waals surface area contributed by atoms with E-state index < -0.39 is 0 Å². The van der Waals surface area contributed by atoms with Crippen LogP contribution in [0.25, 0.3) is 0 Å². The van der Waals surface area contributed by atoms with E-state index in [-0.39, 0.29) is 0 Å². The maximum Gasteiger partial charge on any atom is 0.143 e. The predicted molar refractivity (Wildman–Crippen MR) is 45.7 cm³/mol. The second-order valence-electron chi connectivity index (χ2n) is 3.64. The molecule has 0 spiro atoms. The Labute approximate surface area is 71.9 Å². The lowest BCUT2D eigenvalue weighted by atomic mass is 10.1. The molecule has 1 fully saturated rings. The summed E-state index contributed by atoms with van der Waals surface area (Å²) in [6.45, 7) is 4.75. The molecule has 0 saturated heterocycles. The van der Waals surface area contributed by atoms with Crippen molar-refractivity contribution in [2.24, 2.45) is 11.7 Å². The lowest BCUT2D eigenvalue weighted by Crippen LogP contribution is -1.98. The standard InChI is InChI=1S/C9H14N2O/c1-5-3-7(5)9-6(2)8(4-10)11-12-9/h5,7H,3-4,10H2,1-2H3. The predicted octanol–water partition coefficient (Wildman–Crippen LogP) is 1.57. The number of hydrogen-bond donors (Lipinski definition) is 1. The number of aromatic nitrogens is 1. The molecule has 1 aromatic heterocycles. The second kappa shape index (κ2) is 2.59. The van der Waals surface area contributed by atoms with E-state index in [1.54, 1.807) is 0 Å². The van der Waals surface area contributed by atoms with Crippen molar-refractivity contribution in [2.75, 3.05) is 0 Å². The van der Waals surface area contributed by atoms with Gasteiger partial charge in [-0.05, 0) is 19.3 Å². The summed E-state index contributed by atoms with van der Waals surface area (Å²) in [5.41, 5.74) is 7.56. The molecule has 0 radical (unpaired) electrons. The highest BCUT2D eigenvalue weighted by molar-refractivity contribution is 5.27. The van der Waals surface area contributed by atoms with Gasteiger partial charge in [-0.25, -0.2) is 0 Å². The van der Waals surface area contributed by atoms with Crippen molar-refractivity contribution in [2.45, 2.75) is 32.7 Å². The van der Waals surface area contributed by atoms with Crippen molar-refractivity contribution in [1.29, 1.82) is 0 Å². The van der Waals surface area contributed by atoms with Crippen LogP contribution in [0, 0.1) is 12.8 Å². The molecule has 2 rings (SSSR count). The lowest BCUT2D eigenvalue weighted by molar-refractivity contribution is 0.375. The molecule has 0 bridgehead atoms. The fourth-order valence-corrected chi connectivity index (χ4v) is 1.61. The Hall–Kier alpha value is -0.830. The van der Waals surface area contributed by atoms with E-state index in [1.807, 2.05) is 6.92 Å². The van der Waals surface area contributed by atoms with E-state index in [2.05, 4.69) is 12.1 Å². The molecule has 1 aliphatic rings. The minimum absolute atomic E-state index is 0.483. The Kier molecular flexibility index (Phi) is 1.68. The Balaban J connectivity index is 2.27. The van der Waals surface area contributed by atoms with Gasteiger partial charge in [0.15, 0.2) is 0 Å². The van der Waals surface area contributed by atoms with Crippen molar-refractivity contribution >= 4 is 0 Å². The summed E-state index contributed by atoms with van der Waals surface area (Å²) >= 11 is 0. The van der Waals surface area contributed by atoms with Crippen molar-refractivity contribution in [3.8, 4) is 0 Å². The summed E-state index contributed by atoms with van der Waals surface area (Å²) in [6, 6.07) is 0. The van der Waals surface area contributed by atoms with E-state index in [1.165, 1.54) is 6.42 Å². The molecule has 1 heterocycles. The average Bonchev–Trinajstić information content (AvgIpc) is 2.63. The minimum atomic E-state index is 0.483. The number of hydrogen-bond acceptors (Lipinski definition) is 3. The molecule has 66 valence electrons. The molecule has 0 aliphatic heterocycles. The third kappa shape index (κ3) is 1.05. The van der Waals surface area contributed by atoms with Crippen LogP contribution >= 0.6 is 0 Å². The van der Waals surface area contributed by atoms with Crippen molar-refractivity contribution in [1.82, 2.24) is 5.16 Å². The van der Waals surface area contributed by atoms with Crippen LogP contribution in [0.4, 0.5) is 0 Å². The first-order valence-corrected chi connectivity index (χ1v) is 4.39. The fraction of sp³-hybridized carbons (Fsp3) is 0.667. The van der Waals surface area contributed by atoms with Crippen molar-refractivity contribution in [3.05, 3.63) is 17.0 Å². The van der Waals surface area contributed by atoms with Gasteiger partial charge in [-0.3, -0.25) is 0 Å². The van der Waals surface area contributed by atoms with Crippen molar-refractivity contribution in [3.63, 3.8) is 0 Å². The first-order valence-electron chi connectivity index (χ1n) is 4.39. The zero-order valence-electron chi connectivity index (χ0n) is 7.50. The number of rotatable bonds is 2. The Morgan fingerprint density at radius 3 is 2.75 bits per heavy atom. The number of nitrogens with two attached hydrogens (primary N) is 1. The molecular formula is C9H14N2O. The van der Waals surface area contributed by atoms with Gasteiger partial charge in [-0.2, -0.15) is 0 Å². The van der Waals surface area contributed by atoms with Gasteiger partial charge in [-0.15, -0.1) is 0 Å². The quantitative estimate of drug-likeness (QED) is 0.725. The van der Waals surface area contributed by atoms with Gasteiger partial charge in [0, 0.05) is 18.0 Å². The van der Waals surface area contributed by atoms with Gasteiger partial charge < -0.3 is 10.3 Å². The molecule has 2 unspecified atom stereocenters. The van der Waals surface area contributed by atoms with E-state index >= 15 is 0 Å². The minimum Gasteiger partial charge on any atom is -0.361 e. The molecule has 0 aromatic carbocycles. The second-order valence-corrected chi connectivity index (χ2v) is 3.64. The van der Waals surface area contributed by atoms with E-state index in [0.717, 1.165) is 22.9 Å². The van der Waals surface area contributed by atoms with Crippen LogP contribution in [0.3, 0.4) is 0 Å². The molecule has 0 amide bonds. The van der Waals surface area contributed by atoms with Gasteiger partial charge in [0.2, 0.25) is 0 Å². The van der Waals surface area contributed by atoms with Gasteiger partial charge in [0.25, 0.3) is 0 Å². The summed E-state index contributed by atoms with van der Waals surface area (Å²) in [5.74, 6) is 2.43. The molecule has 3 nitrogen and oxygen atoms in total. The zero-order chi connectivity index (χ0) is 8.72. The van der Waals surface area contributed by atoms with Crippen LogP contribution in [0.2, 0.25) is 0 Å². The van der Waals surface area contributed by atoms with Gasteiger partial charge in [-0.1, -0.05) is 12.1 Å². The smallest absolute Gasteiger partial charge is 0.143 e. The molecule has 2 atom stereocenters. The largest absolute Gasteiger partial charge is 0.361 e. The van der Waals surface area contributed by atoms with Crippen molar-refractivity contribution < 1.29 is 4.52 Å². The zero-order valence-corrected chi connectivity index (χ0v) is 7.50. The Morgan fingerprint density at radius 1 is 1.67 bits per heavy atom. The Morgan fingerprint density at radius 2 is 2.33 bits per heavy atom. The first kappa shape index (κ1) is 7.80. The summed E-state index contributed by atoms with van der Waals surface area (Å²) in [6.07, 6.45) is 1.24. The number of nitrogens with zero attached hydrogens (tertiary/aromatic N) is 1. The van der Waals surface area contributed by atoms with Crippen LogP contribution in [0.5, 0.6) is 0 Å². The van der Waals surface area contributed by atoms with Crippen LogP contribution < -0.4 is 5.73 Å². The maximum atomic E-state index is 5.50. The summed E-state index contributed by atoms with van der Waals surface area (Å²) in [7, 11) is 0. The van der Waals surface area contributed by atoms with E-state index in [9.17, 15) is 0 Å². The van der Waals surface area contributed by atoms with Crippen LogP contribution in [0.15, 0.2) is 4.52 Å². The normalized spacial score (nSPS) is 27.6. The van der Waals surface area contributed by atoms with E-state index in [4.69, 9.17) is 10.3 Å². The van der Waals surface area contributed by atoms with E-state index in [0.29, 0.717) is 12.5 Å². The lowest BCUT2D eigenvalue weighted by Gasteiger charge is -1.92. The molecule has 1 saturated carbocycles. The highest BCUT2D eigenvalue weighted by atomic mass is 16.5. The molecular weight excluding hydrogens is 152 g/mol. The fourth-order valence-electron chi connectivity index (χ4n) is 1.61. The average molecular weight is 166 g/mol. The monoisotopic (exact) mass is 166 g/mol. The molecule has 1 aromatic rings. The van der Waals surface area contributed by atoms with Crippen LogP contribution in [-0.2, 0) is 6.54 Å². The van der Waals surface area contributed by atoms with Gasteiger partial charge >= 0.3 is 0 Å². The third-order valence-electron chi connectivity index (χ3n) is 2.70. The topological polar surface area (TPSA) is 52.0 Å². The van der Waals surface area contributed by atoms with Gasteiger partial charge in [0.1, 0.15) is 11.5 Å². The third-order valence-corrected chi connectivity index (χ3v) is 2.70. The van der Waals surface area contributed by atoms with Gasteiger partial charge in [0.05, 0.1) is 0 Å². The first-order chi connectivity index (χ1) is 5.74. The highest BCUT2D eigenvalue weighted by Crippen LogP contribution is 2.48. The maximum absolute atomic E-state index is 5.50. The molecule has 12 heavy (non-hydrogen) atoms. The molecule has 1 aliphatic carbocycles. The summed E-state index contributed by atoms with van der Waals surface area (Å²) in [5, 5.41) is 3.93. The Bertz CT molecular complexity index is 293. The SMILES string of the molecule is Cc1c(CN)noc1C1CC1C.